The molecular formula is C9H13FN2. The van der Waals surface area contributed by atoms with Crippen molar-refractivity contribution in [1.82, 2.24) is 0 Å². The first-order valence-corrected chi connectivity index (χ1v) is 3.89. The number of hydrogen-bond acceptors (Lipinski definition) is 2. The fourth-order valence-electron chi connectivity index (χ4n) is 1.01. The number of nitrogens with two attached hydrogens (primary N) is 2. The van der Waals surface area contributed by atoms with Crippen molar-refractivity contribution in [3.63, 3.8) is 0 Å². The summed E-state index contributed by atoms with van der Waals surface area (Å²) in [5.41, 5.74) is 12.2. The molecule has 0 amide bonds. The van der Waals surface area contributed by atoms with Gasteiger partial charge in [-0.25, -0.2) is 4.39 Å². The van der Waals surface area contributed by atoms with Crippen LogP contribution in [0.1, 0.15) is 24.1 Å². The fourth-order valence-corrected chi connectivity index (χ4v) is 1.01. The standard InChI is InChI=1S/C9H13FN2/c1-6(12)7-2-3-8(5-11)9(10)4-7/h2-4,6H,5,11-12H2,1H3/t6-/m1/s1. The maximum Gasteiger partial charge on any atom is 0.128 e. The van der Waals surface area contributed by atoms with E-state index in [0.29, 0.717) is 5.56 Å². The lowest BCUT2D eigenvalue weighted by Crippen LogP contribution is -2.07. The van der Waals surface area contributed by atoms with E-state index in [-0.39, 0.29) is 18.4 Å². The molecule has 0 saturated heterocycles. The van der Waals surface area contributed by atoms with E-state index in [1.54, 1.807) is 12.1 Å². The van der Waals surface area contributed by atoms with Crippen LogP contribution in [0, 0.1) is 5.82 Å². The molecule has 0 heterocycles. The van der Waals surface area contributed by atoms with E-state index < -0.39 is 0 Å². The molecule has 0 spiro atoms. The minimum atomic E-state index is -0.271. The van der Waals surface area contributed by atoms with Crippen LogP contribution in [-0.2, 0) is 6.54 Å². The molecule has 2 nitrogen and oxygen atoms in total. The van der Waals surface area contributed by atoms with Crippen molar-refractivity contribution in [1.29, 1.82) is 0 Å². The minimum absolute atomic E-state index is 0.133. The Labute approximate surface area is 71.4 Å². The summed E-state index contributed by atoms with van der Waals surface area (Å²) in [6.07, 6.45) is 0. The lowest BCUT2D eigenvalue weighted by Gasteiger charge is -2.06. The molecule has 12 heavy (non-hydrogen) atoms. The average Bonchev–Trinajstić information content (AvgIpc) is 2.04. The third kappa shape index (κ3) is 1.81. The highest BCUT2D eigenvalue weighted by Gasteiger charge is 2.04. The molecule has 0 radical (unpaired) electrons. The topological polar surface area (TPSA) is 52.0 Å². The first-order valence-electron chi connectivity index (χ1n) is 3.89. The van der Waals surface area contributed by atoms with Gasteiger partial charge < -0.3 is 11.5 Å². The Bertz CT molecular complexity index is 271. The monoisotopic (exact) mass is 168 g/mol. The van der Waals surface area contributed by atoms with E-state index in [2.05, 4.69) is 0 Å². The van der Waals surface area contributed by atoms with Crippen LogP contribution in [0.4, 0.5) is 4.39 Å². The molecule has 1 rings (SSSR count). The highest BCUT2D eigenvalue weighted by Crippen LogP contribution is 2.14. The average molecular weight is 168 g/mol. The summed E-state index contributed by atoms with van der Waals surface area (Å²) >= 11 is 0. The normalized spacial score (nSPS) is 13.0. The molecule has 0 aliphatic rings. The van der Waals surface area contributed by atoms with E-state index in [4.69, 9.17) is 11.5 Å². The van der Waals surface area contributed by atoms with Gasteiger partial charge in [-0.05, 0) is 18.6 Å². The highest BCUT2D eigenvalue weighted by atomic mass is 19.1. The Morgan fingerprint density at radius 2 is 2.17 bits per heavy atom. The van der Waals surface area contributed by atoms with Crippen molar-refractivity contribution >= 4 is 0 Å². The SMILES string of the molecule is C[C@@H](N)c1ccc(CN)c(F)c1. The van der Waals surface area contributed by atoms with E-state index in [1.165, 1.54) is 6.07 Å². The van der Waals surface area contributed by atoms with Gasteiger partial charge in [-0.3, -0.25) is 0 Å². The van der Waals surface area contributed by atoms with E-state index in [9.17, 15) is 4.39 Å². The predicted molar refractivity (Wildman–Crippen MR) is 46.9 cm³/mol. The Morgan fingerprint density at radius 3 is 2.58 bits per heavy atom. The third-order valence-electron chi connectivity index (χ3n) is 1.82. The second-order valence-corrected chi connectivity index (χ2v) is 2.84. The number of hydrogen-bond donors (Lipinski definition) is 2. The summed E-state index contributed by atoms with van der Waals surface area (Å²) in [6, 6.07) is 4.78. The van der Waals surface area contributed by atoms with Gasteiger partial charge in [0.2, 0.25) is 0 Å². The van der Waals surface area contributed by atoms with Crippen LogP contribution < -0.4 is 11.5 Å². The van der Waals surface area contributed by atoms with Crippen LogP contribution in [0.2, 0.25) is 0 Å². The van der Waals surface area contributed by atoms with Crippen molar-refractivity contribution < 1.29 is 4.39 Å². The molecule has 4 N–H and O–H groups in total. The van der Waals surface area contributed by atoms with Crippen LogP contribution in [0.25, 0.3) is 0 Å². The van der Waals surface area contributed by atoms with Gasteiger partial charge in [-0.2, -0.15) is 0 Å². The third-order valence-corrected chi connectivity index (χ3v) is 1.82. The molecule has 1 atom stereocenters. The van der Waals surface area contributed by atoms with Gasteiger partial charge in [0.05, 0.1) is 0 Å². The first-order chi connectivity index (χ1) is 5.65. The molecule has 0 aliphatic carbocycles. The van der Waals surface area contributed by atoms with Gasteiger partial charge in [0, 0.05) is 18.2 Å². The molecule has 0 saturated carbocycles. The van der Waals surface area contributed by atoms with Crippen molar-refractivity contribution in [2.24, 2.45) is 11.5 Å². The predicted octanol–water partition coefficient (Wildman–Crippen LogP) is 1.30. The number of rotatable bonds is 2. The Balaban J connectivity index is 3.02. The largest absolute Gasteiger partial charge is 0.326 e. The minimum Gasteiger partial charge on any atom is -0.326 e. The van der Waals surface area contributed by atoms with Gasteiger partial charge in [0.15, 0.2) is 0 Å². The van der Waals surface area contributed by atoms with E-state index in [1.807, 2.05) is 6.92 Å². The molecular weight excluding hydrogens is 155 g/mol. The van der Waals surface area contributed by atoms with Crippen LogP contribution in [-0.4, -0.2) is 0 Å². The molecule has 3 heteroatoms. The second-order valence-electron chi connectivity index (χ2n) is 2.84. The summed E-state index contributed by atoms with van der Waals surface area (Å²) in [7, 11) is 0. The maximum absolute atomic E-state index is 13.1. The Kier molecular flexibility index (Phi) is 2.78. The van der Waals surface area contributed by atoms with Gasteiger partial charge in [0.25, 0.3) is 0 Å². The highest BCUT2D eigenvalue weighted by molar-refractivity contribution is 5.25. The zero-order chi connectivity index (χ0) is 9.14. The molecule has 66 valence electrons. The molecule has 0 unspecified atom stereocenters. The van der Waals surface area contributed by atoms with Gasteiger partial charge in [0.1, 0.15) is 5.82 Å². The zero-order valence-corrected chi connectivity index (χ0v) is 7.05. The first kappa shape index (κ1) is 9.16. The van der Waals surface area contributed by atoms with Gasteiger partial charge in [-0.15, -0.1) is 0 Å². The summed E-state index contributed by atoms with van der Waals surface area (Å²) < 4.78 is 13.1. The van der Waals surface area contributed by atoms with Crippen LogP contribution in [0.3, 0.4) is 0 Å². The molecule has 0 bridgehead atoms. The quantitative estimate of drug-likeness (QED) is 0.699. The molecule has 0 aromatic heterocycles. The van der Waals surface area contributed by atoms with Crippen molar-refractivity contribution in [3.8, 4) is 0 Å². The smallest absolute Gasteiger partial charge is 0.128 e. The van der Waals surface area contributed by atoms with Crippen LogP contribution in [0.5, 0.6) is 0 Å². The Hall–Kier alpha value is -0.930. The van der Waals surface area contributed by atoms with E-state index in [0.717, 1.165) is 5.56 Å². The molecule has 0 aliphatic heterocycles. The summed E-state index contributed by atoms with van der Waals surface area (Å²) in [4.78, 5) is 0. The Morgan fingerprint density at radius 1 is 1.50 bits per heavy atom. The van der Waals surface area contributed by atoms with Crippen molar-refractivity contribution in [3.05, 3.63) is 35.1 Å². The van der Waals surface area contributed by atoms with Crippen LogP contribution >= 0.6 is 0 Å². The maximum atomic E-state index is 13.1. The lowest BCUT2D eigenvalue weighted by molar-refractivity contribution is 0.605. The summed E-state index contributed by atoms with van der Waals surface area (Å²) in [6.45, 7) is 2.04. The van der Waals surface area contributed by atoms with E-state index >= 15 is 0 Å². The second kappa shape index (κ2) is 3.65. The number of halogens is 1. The zero-order valence-electron chi connectivity index (χ0n) is 7.05. The molecule has 1 aromatic rings. The van der Waals surface area contributed by atoms with Crippen molar-refractivity contribution in [2.45, 2.75) is 19.5 Å². The summed E-state index contributed by atoms with van der Waals surface area (Å²) in [5, 5.41) is 0. The lowest BCUT2D eigenvalue weighted by atomic mass is 10.1. The van der Waals surface area contributed by atoms with Gasteiger partial charge in [-0.1, -0.05) is 12.1 Å². The van der Waals surface area contributed by atoms with Crippen LogP contribution in [0.15, 0.2) is 18.2 Å². The molecule has 1 aromatic carbocycles. The fraction of sp³-hybridized carbons (Fsp3) is 0.333. The van der Waals surface area contributed by atoms with Gasteiger partial charge >= 0.3 is 0 Å². The summed E-state index contributed by atoms with van der Waals surface area (Å²) in [5.74, 6) is -0.271. The van der Waals surface area contributed by atoms with Crippen molar-refractivity contribution in [2.75, 3.05) is 0 Å². The number of benzene rings is 1. The molecule has 0 fully saturated rings.